The lowest BCUT2D eigenvalue weighted by Gasteiger charge is -2.17. The van der Waals surface area contributed by atoms with Crippen molar-refractivity contribution in [1.29, 1.82) is 0 Å². The lowest BCUT2D eigenvalue weighted by Crippen LogP contribution is -2.14. The van der Waals surface area contributed by atoms with E-state index in [4.69, 9.17) is 21.1 Å². The third-order valence-corrected chi connectivity index (χ3v) is 5.56. The van der Waals surface area contributed by atoms with Crippen LogP contribution in [0.25, 0.3) is 10.9 Å². The minimum Gasteiger partial charge on any atom is -0.490 e. The molecule has 0 saturated carbocycles. The summed E-state index contributed by atoms with van der Waals surface area (Å²) in [6, 6.07) is 20.8. The summed E-state index contributed by atoms with van der Waals surface area (Å²) in [5, 5.41) is 13.1. The normalized spacial score (nSPS) is 11.9. The number of hydrogen-bond donors (Lipinski definition) is 1. The molecule has 0 unspecified atom stereocenters. The predicted molar refractivity (Wildman–Crippen MR) is 125 cm³/mol. The zero-order valence-corrected chi connectivity index (χ0v) is 18.3. The van der Waals surface area contributed by atoms with E-state index in [1.54, 1.807) is 0 Å². The minimum absolute atomic E-state index is 0.224. The van der Waals surface area contributed by atoms with Gasteiger partial charge in [-0.3, -0.25) is 10.1 Å². The Labute approximate surface area is 190 Å². The summed E-state index contributed by atoms with van der Waals surface area (Å²) >= 11 is 5.95. The number of aromatic amines is 1. The summed E-state index contributed by atoms with van der Waals surface area (Å²) in [7, 11) is 0. The van der Waals surface area contributed by atoms with E-state index in [0.29, 0.717) is 29.7 Å². The van der Waals surface area contributed by atoms with E-state index in [0.717, 1.165) is 27.6 Å². The average Bonchev–Trinajstić information content (AvgIpc) is 3.22. The second-order valence-electron chi connectivity index (χ2n) is 7.41. The number of para-hydroxylation sites is 1. The van der Waals surface area contributed by atoms with Gasteiger partial charge in [-0.25, -0.2) is 0 Å². The van der Waals surface area contributed by atoms with Gasteiger partial charge in [-0.2, -0.15) is 0 Å². The number of H-pyrrole nitrogens is 1. The maximum atomic E-state index is 11.5. The summed E-state index contributed by atoms with van der Waals surface area (Å²) < 4.78 is 11.8. The maximum absolute atomic E-state index is 11.5. The molecule has 32 heavy (non-hydrogen) atoms. The first-order valence-corrected chi connectivity index (χ1v) is 10.7. The van der Waals surface area contributed by atoms with Crippen molar-refractivity contribution >= 4 is 22.5 Å². The zero-order chi connectivity index (χ0) is 22.5. The van der Waals surface area contributed by atoms with Crippen LogP contribution in [0, 0.1) is 10.1 Å². The Morgan fingerprint density at radius 2 is 1.81 bits per heavy atom. The van der Waals surface area contributed by atoms with Crippen molar-refractivity contribution in [3.8, 4) is 11.5 Å². The van der Waals surface area contributed by atoms with Crippen LogP contribution in [-0.2, 0) is 6.61 Å². The van der Waals surface area contributed by atoms with Crippen molar-refractivity contribution < 1.29 is 14.4 Å². The first-order chi connectivity index (χ1) is 15.5. The minimum atomic E-state index is -0.425. The molecule has 0 aliphatic rings. The number of ether oxygens (including phenoxy) is 2. The van der Waals surface area contributed by atoms with Gasteiger partial charge in [0, 0.05) is 27.0 Å². The third-order valence-electron chi connectivity index (χ3n) is 5.31. The van der Waals surface area contributed by atoms with E-state index >= 15 is 0 Å². The molecule has 3 aromatic carbocycles. The Hall–Kier alpha value is -3.51. The van der Waals surface area contributed by atoms with Crippen LogP contribution in [0.1, 0.15) is 29.5 Å². The van der Waals surface area contributed by atoms with Gasteiger partial charge in [0.2, 0.25) is 6.54 Å². The highest BCUT2D eigenvalue weighted by atomic mass is 35.5. The van der Waals surface area contributed by atoms with Gasteiger partial charge in [-0.1, -0.05) is 48.0 Å². The van der Waals surface area contributed by atoms with E-state index in [-0.39, 0.29) is 11.5 Å². The monoisotopic (exact) mass is 450 g/mol. The summed E-state index contributed by atoms with van der Waals surface area (Å²) in [6.07, 6.45) is 1.85. The summed E-state index contributed by atoms with van der Waals surface area (Å²) in [6.45, 7) is 2.48. The van der Waals surface area contributed by atoms with Gasteiger partial charge in [0.15, 0.2) is 11.5 Å². The van der Waals surface area contributed by atoms with Gasteiger partial charge in [-0.05, 0) is 53.9 Å². The first-order valence-electron chi connectivity index (χ1n) is 10.4. The summed E-state index contributed by atoms with van der Waals surface area (Å²) in [5.41, 5.74) is 3.61. The van der Waals surface area contributed by atoms with Crippen LogP contribution in [0.4, 0.5) is 0 Å². The van der Waals surface area contributed by atoms with E-state index in [1.165, 1.54) is 0 Å². The molecule has 7 heteroatoms. The fraction of sp³-hybridized carbons (Fsp3) is 0.200. The highest BCUT2D eigenvalue weighted by Crippen LogP contribution is 2.36. The standard InChI is InChI=1S/C25H23ClN2O4/c1-2-31-25-13-18(9-12-24(25)32-16-17-7-10-19(26)11-8-17)22(15-28(29)30)21-14-27-23-6-4-3-5-20(21)23/h3-14,22,27H,2,15-16H2,1H3/t22-/m1/s1. The van der Waals surface area contributed by atoms with E-state index in [1.807, 2.05) is 79.9 Å². The fourth-order valence-corrected chi connectivity index (χ4v) is 3.91. The van der Waals surface area contributed by atoms with Crippen LogP contribution in [0.5, 0.6) is 11.5 Å². The van der Waals surface area contributed by atoms with Crippen LogP contribution < -0.4 is 9.47 Å². The Morgan fingerprint density at radius 3 is 2.56 bits per heavy atom. The molecule has 0 fully saturated rings. The number of fused-ring (bicyclic) bond motifs is 1. The average molecular weight is 451 g/mol. The number of rotatable bonds is 9. The van der Waals surface area contributed by atoms with Crippen LogP contribution >= 0.6 is 11.6 Å². The predicted octanol–water partition coefficient (Wildman–Crippen LogP) is 6.21. The van der Waals surface area contributed by atoms with Crippen molar-refractivity contribution in [2.24, 2.45) is 0 Å². The topological polar surface area (TPSA) is 77.4 Å². The molecule has 0 aliphatic heterocycles. The smallest absolute Gasteiger partial charge is 0.214 e. The lowest BCUT2D eigenvalue weighted by molar-refractivity contribution is -0.481. The molecule has 164 valence electrons. The number of nitrogens with zero attached hydrogens (tertiary/aromatic N) is 1. The lowest BCUT2D eigenvalue weighted by atomic mass is 9.90. The number of nitro groups is 1. The van der Waals surface area contributed by atoms with E-state index < -0.39 is 5.92 Å². The van der Waals surface area contributed by atoms with Gasteiger partial charge in [0.25, 0.3) is 0 Å². The summed E-state index contributed by atoms with van der Waals surface area (Å²) in [4.78, 5) is 14.4. The third kappa shape index (κ3) is 4.86. The molecule has 0 spiro atoms. The number of halogens is 1. The number of nitrogens with one attached hydrogen (secondary N) is 1. The van der Waals surface area contributed by atoms with Crippen LogP contribution in [0.3, 0.4) is 0 Å². The molecule has 0 bridgehead atoms. The van der Waals surface area contributed by atoms with Gasteiger partial charge >= 0.3 is 0 Å². The second-order valence-corrected chi connectivity index (χ2v) is 7.85. The van der Waals surface area contributed by atoms with Crippen molar-refractivity contribution in [2.75, 3.05) is 13.2 Å². The van der Waals surface area contributed by atoms with Crippen LogP contribution in [0.2, 0.25) is 5.02 Å². The Kier molecular flexibility index (Phi) is 6.61. The Balaban J connectivity index is 1.66. The Morgan fingerprint density at radius 1 is 1.03 bits per heavy atom. The molecule has 0 aliphatic carbocycles. The Bertz CT molecular complexity index is 1220. The highest BCUT2D eigenvalue weighted by Gasteiger charge is 2.24. The molecule has 6 nitrogen and oxygen atoms in total. The largest absolute Gasteiger partial charge is 0.490 e. The molecule has 1 heterocycles. The molecule has 0 saturated heterocycles. The van der Waals surface area contributed by atoms with E-state index in [9.17, 15) is 10.1 Å². The number of benzene rings is 3. The first kappa shape index (κ1) is 21.7. The molecule has 1 atom stereocenters. The molecular formula is C25H23ClN2O4. The van der Waals surface area contributed by atoms with E-state index in [2.05, 4.69) is 4.98 Å². The molecule has 0 amide bonds. The van der Waals surface area contributed by atoms with Gasteiger partial charge in [0.05, 0.1) is 12.5 Å². The highest BCUT2D eigenvalue weighted by molar-refractivity contribution is 6.30. The molecule has 1 N–H and O–H groups in total. The molecule has 1 aromatic heterocycles. The van der Waals surface area contributed by atoms with Crippen molar-refractivity contribution in [1.82, 2.24) is 4.98 Å². The van der Waals surface area contributed by atoms with Crippen molar-refractivity contribution in [2.45, 2.75) is 19.4 Å². The van der Waals surface area contributed by atoms with Gasteiger partial charge in [-0.15, -0.1) is 0 Å². The number of hydrogen-bond acceptors (Lipinski definition) is 4. The van der Waals surface area contributed by atoms with Crippen molar-refractivity contribution in [3.63, 3.8) is 0 Å². The molecule has 4 rings (SSSR count). The zero-order valence-electron chi connectivity index (χ0n) is 17.6. The quantitative estimate of drug-likeness (QED) is 0.243. The fourth-order valence-electron chi connectivity index (χ4n) is 3.79. The second kappa shape index (κ2) is 9.75. The molecular weight excluding hydrogens is 428 g/mol. The molecule has 4 aromatic rings. The van der Waals surface area contributed by atoms with Gasteiger partial charge < -0.3 is 14.5 Å². The SMILES string of the molecule is CCOc1cc([C@@H](C[N+](=O)[O-])c2c[nH]c3ccccc23)ccc1OCc1ccc(Cl)cc1. The van der Waals surface area contributed by atoms with Crippen LogP contribution in [0.15, 0.2) is 72.9 Å². The van der Waals surface area contributed by atoms with Crippen molar-refractivity contribution in [3.05, 3.63) is 105 Å². The van der Waals surface area contributed by atoms with Gasteiger partial charge in [0.1, 0.15) is 6.61 Å². The van der Waals surface area contributed by atoms with Crippen LogP contribution in [-0.4, -0.2) is 23.1 Å². The summed E-state index contributed by atoms with van der Waals surface area (Å²) in [5.74, 6) is 0.724. The molecule has 0 radical (unpaired) electrons. The maximum Gasteiger partial charge on any atom is 0.214 e. The number of aromatic nitrogens is 1.